The van der Waals surface area contributed by atoms with Crippen molar-refractivity contribution in [3.63, 3.8) is 0 Å². The van der Waals surface area contributed by atoms with E-state index in [0.29, 0.717) is 17.6 Å². The van der Waals surface area contributed by atoms with E-state index in [9.17, 15) is 9.59 Å². The van der Waals surface area contributed by atoms with Crippen LogP contribution in [0.4, 0.5) is 0 Å². The summed E-state index contributed by atoms with van der Waals surface area (Å²) in [7, 11) is 0. The van der Waals surface area contributed by atoms with Gasteiger partial charge in [0.25, 0.3) is 0 Å². The number of carbonyl (C=O) groups is 1. The number of oxazole rings is 1. The molecule has 2 aromatic heterocycles. The average Bonchev–Trinajstić information content (AvgIpc) is 3.26. The minimum atomic E-state index is -0.522. The predicted molar refractivity (Wildman–Crippen MR) is 91.5 cm³/mol. The number of para-hydroxylation sites is 2. The highest BCUT2D eigenvalue weighted by atomic mass is 16.5. The molecule has 0 bridgehead atoms. The first-order valence-corrected chi connectivity index (χ1v) is 7.94. The van der Waals surface area contributed by atoms with Crippen LogP contribution in [0, 0.1) is 0 Å². The summed E-state index contributed by atoms with van der Waals surface area (Å²) < 4.78 is 11.5. The van der Waals surface area contributed by atoms with Crippen LogP contribution in [0.25, 0.3) is 11.1 Å². The average molecular weight is 350 g/mol. The predicted octanol–water partition coefficient (Wildman–Crippen LogP) is 1.96. The Kier molecular flexibility index (Phi) is 4.06. The Morgan fingerprint density at radius 1 is 1.08 bits per heavy atom. The molecule has 2 heterocycles. The molecule has 4 aromatic rings. The Morgan fingerprint density at radius 3 is 2.69 bits per heavy atom. The van der Waals surface area contributed by atoms with Gasteiger partial charge in [0.05, 0.1) is 12.1 Å². The van der Waals surface area contributed by atoms with E-state index in [1.807, 2.05) is 30.3 Å². The summed E-state index contributed by atoms with van der Waals surface area (Å²) in [6.07, 6.45) is 0. The maximum absolute atomic E-state index is 12.1. The summed E-state index contributed by atoms with van der Waals surface area (Å²) in [5, 5.41) is 6.47. The van der Waals surface area contributed by atoms with E-state index in [4.69, 9.17) is 8.94 Å². The summed E-state index contributed by atoms with van der Waals surface area (Å²) in [5.41, 5.74) is 2.05. The second-order valence-corrected chi connectivity index (χ2v) is 5.61. The van der Waals surface area contributed by atoms with Gasteiger partial charge in [-0.05, 0) is 17.7 Å². The molecule has 1 N–H and O–H groups in total. The van der Waals surface area contributed by atoms with Crippen molar-refractivity contribution in [2.75, 3.05) is 0 Å². The molecule has 0 saturated carbocycles. The molecule has 0 fully saturated rings. The monoisotopic (exact) mass is 350 g/mol. The van der Waals surface area contributed by atoms with Crippen LogP contribution in [-0.4, -0.2) is 20.6 Å². The maximum Gasteiger partial charge on any atom is 0.420 e. The lowest BCUT2D eigenvalue weighted by molar-refractivity contribution is 0.0907. The molecule has 2 aromatic carbocycles. The first-order chi connectivity index (χ1) is 12.7. The summed E-state index contributed by atoms with van der Waals surface area (Å²) >= 11 is 0. The maximum atomic E-state index is 12.1. The molecule has 0 spiro atoms. The lowest BCUT2D eigenvalue weighted by Gasteiger charge is -2.01. The van der Waals surface area contributed by atoms with Crippen LogP contribution in [0.5, 0.6) is 0 Å². The minimum absolute atomic E-state index is 0.0469. The summed E-state index contributed by atoms with van der Waals surface area (Å²) in [5.74, 6) is -0.941. The van der Waals surface area contributed by atoms with Gasteiger partial charge in [-0.25, -0.2) is 4.79 Å². The van der Waals surface area contributed by atoms with Crippen molar-refractivity contribution in [1.82, 2.24) is 20.0 Å². The van der Waals surface area contributed by atoms with Crippen molar-refractivity contribution in [1.29, 1.82) is 0 Å². The summed E-state index contributed by atoms with van der Waals surface area (Å²) in [4.78, 5) is 28.1. The number of hydrogen-bond donors (Lipinski definition) is 1. The molecular weight excluding hydrogens is 336 g/mol. The van der Waals surface area contributed by atoms with Crippen LogP contribution in [0.15, 0.2) is 68.3 Å². The van der Waals surface area contributed by atoms with E-state index in [1.165, 1.54) is 4.57 Å². The van der Waals surface area contributed by atoms with Crippen LogP contribution in [-0.2, 0) is 13.1 Å². The molecule has 4 rings (SSSR count). The van der Waals surface area contributed by atoms with Crippen molar-refractivity contribution in [2.45, 2.75) is 13.1 Å². The summed E-state index contributed by atoms with van der Waals surface area (Å²) in [6.45, 7) is 0.397. The SMILES string of the molecule is O=C(NCc1ccccc1)c1nc(Cn2c(=O)oc3ccccc32)no1. The third-order valence-electron chi connectivity index (χ3n) is 3.83. The summed E-state index contributed by atoms with van der Waals surface area (Å²) in [6, 6.07) is 16.5. The van der Waals surface area contributed by atoms with E-state index < -0.39 is 11.7 Å². The van der Waals surface area contributed by atoms with Gasteiger partial charge in [0, 0.05) is 6.54 Å². The molecule has 0 unspecified atom stereocenters. The zero-order valence-corrected chi connectivity index (χ0v) is 13.6. The van der Waals surface area contributed by atoms with E-state index in [2.05, 4.69) is 15.5 Å². The van der Waals surface area contributed by atoms with Gasteiger partial charge in [0.1, 0.15) is 0 Å². The van der Waals surface area contributed by atoms with E-state index in [1.54, 1.807) is 24.3 Å². The molecule has 0 saturated heterocycles. The van der Waals surface area contributed by atoms with Crippen molar-refractivity contribution < 1.29 is 13.7 Å². The third kappa shape index (κ3) is 3.12. The highest BCUT2D eigenvalue weighted by Gasteiger charge is 2.17. The van der Waals surface area contributed by atoms with Gasteiger partial charge < -0.3 is 14.3 Å². The van der Waals surface area contributed by atoms with Gasteiger partial charge >= 0.3 is 17.6 Å². The third-order valence-corrected chi connectivity index (χ3v) is 3.83. The molecule has 0 aliphatic rings. The van der Waals surface area contributed by atoms with Crippen molar-refractivity contribution in [3.05, 3.63) is 82.4 Å². The number of amides is 1. The Bertz CT molecular complexity index is 1110. The molecule has 8 heteroatoms. The van der Waals surface area contributed by atoms with Gasteiger partial charge in [-0.3, -0.25) is 9.36 Å². The second kappa shape index (κ2) is 6.67. The molecule has 0 aliphatic heterocycles. The largest absolute Gasteiger partial charge is 0.420 e. The van der Waals surface area contributed by atoms with Crippen LogP contribution in [0.2, 0.25) is 0 Å². The van der Waals surface area contributed by atoms with Crippen molar-refractivity contribution >= 4 is 17.0 Å². The van der Waals surface area contributed by atoms with Gasteiger partial charge in [0.2, 0.25) is 0 Å². The first-order valence-electron chi connectivity index (χ1n) is 7.94. The minimum Gasteiger partial charge on any atom is -0.408 e. The molecular formula is C18H14N4O4. The van der Waals surface area contributed by atoms with Gasteiger partial charge in [0.15, 0.2) is 11.4 Å². The molecule has 8 nitrogen and oxygen atoms in total. The zero-order valence-electron chi connectivity index (χ0n) is 13.6. The van der Waals surface area contributed by atoms with Crippen LogP contribution in [0.3, 0.4) is 0 Å². The smallest absolute Gasteiger partial charge is 0.408 e. The fraction of sp³-hybridized carbons (Fsp3) is 0.111. The number of hydrogen-bond acceptors (Lipinski definition) is 6. The number of carbonyl (C=O) groups excluding carboxylic acids is 1. The van der Waals surface area contributed by atoms with Gasteiger partial charge in [-0.1, -0.05) is 47.6 Å². The standard InChI is InChI=1S/C18H14N4O4/c23-16(19-10-12-6-2-1-3-7-12)17-20-15(21-26-17)11-22-13-8-4-5-9-14(13)25-18(22)24/h1-9H,10-11H2,(H,19,23). The Hall–Kier alpha value is -3.68. The number of fused-ring (bicyclic) bond motifs is 1. The fourth-order valence-electron chi connectivity index (χ4n) is 2.57. The number of aromatic nitrogens is 3. The van der Waals surface area contributed by atoms with Crippen molar-refractivity contribution in [3.8, 4) is 0 Å². The fourth-order valence-corrected chi connectivity index (χ4v) is 2.57. The molecule has 0 radical (unpaired) electrons. The number of nitrogens with one attached hydrogen (secondary N) is 1. The molecule has 1 amide bonds. The van der Waals surface area contributed by atoms with Gasteiger partial charge in [-0.15, -0.1) is 0 Å². The number of rotatable bonds is 5. The molecule has 130 valence electrons. The normalized spacial score (nSPS) is 10.9. The Morgan fingerprint density at radius 2 is 1.85 bits per heavy atom. The number of nitrogens with zero attached hydrogens (tertiary/aromatic N) is 3. The van der Waals surface area contributed by atoms with Crippen LogP contribution in [0.1, 0.15) is 22.1 Å². The zero-order chi connectivity index (χ0) is 17.9. The van der Waals surface area contributed by atoms with Crippen LogP contribution >= 0.6 is 0 Å². The Balaban J connectivity index is 1.48. The van der Waals surface area contributed by atoms with E-state index in [0.717, 1.165) is 5.56 Å². The molecule has 26 heavy (non-hydrogen) atoms. The quantitative estimate of drug-likeness (QED) is 0.590. The van der Waals surface area contributed by atoms with Crippen molar-refractivity contribution in [2.24, 2.45) is 0 Å². The lowest BCUT2D eigenvalue weighted by atomic mass is 10.2. The molecule has 0 atom stereocenters. The Labute approximate surface area is 147 Å². The molecule has 0 aliphatic carbocycles. The van der Waals surface area contributed by atoms with E-state index in [-0.39, 0.29) is 18.3 Å². The lowest BCUT2D eigenvalue weighted by Crippen LogP contribution is -2.23. The van der Waals surface area contributed by atoms with E-state index >= 15 is 0 Å². The second-order valence-electron chi connectivity index (χ2n) is 5.61. The number of benzene rings is 2. The van der Waals surface area contributed by atoms with Gasteiger partial charge in [-0.2, -0.15) is 4.98 Å². The highest BCUT2D eigenvalue weighted by Crippen LogP contribution is 2.12. The topological polar surface area (TPSA) is 103 Å². The van der Waals surface area contributed by atoms with Crippen LogP contribution < -0.4 is 11.1 Å². The first kappa shape index (κ1) is 15.8. The highest BCUT2D eigenvalue weighted by molar-refractivity contribution is 5.89.